The molecule has 1 saturated heterocycles. The Labute approximate surface area is 158 Å². The maximum Gasteiger partial charge on any atom is 0.336 e. The van der Waals surface area contributed by atoms with E-state index in [1.807, 2.05) is 19.9 Å². The van der Waals surface area contributed by atoms with Gasteiger partial charge in [0.25, 0.3) is 0 Å². The molecule has 0 atom stereocenters. The number of hydrogen-bond acceptors (Lipinski definition) is 6. The van der Waals surface area contributed by atoms with Gasteiger partial charge in [-0.25, -0.2) is 4.79 Å². The highest BCUT2D eigenvalue weighted by Gasteiger charge is 2.21. The SMILES string of the molecule is CCCOC(=O)CCc1cc2c(C)cc(=O)oc2c(CN2CCCC2)c1O. The van der Waals surface area contributed by atoms with Crippen molar-refractivity contribution in [2.45, 2.75) is 52.5 Å². The summed E-state index contributed by atoms with van der Waals surface area (Å²) in [4.78, 5) is 26.0. The van der Waals surface area contributed by atoms with Crippen LogP contribution in [0.25, 0.3) is 11.0 Å². The third kappa shape index (κ3) is 4.50. The number of carbonyl (C=O) groups excluding carboxylic acids is 1. The first-order valence-electron chi connectivity index (χ1n) is 9.65. The number of likely N-dealkylation sites (tertiary alicyclic amines) is 1. The fourth-order valence-corrected chi connectivity index (χ4v) is 3.59. The Morgan fingerprint density at radius 3 is 2.74 bits per heavy atom. The van der Waals surface area contributed by atoms with Crippen molar-refractivity contribution in [2.75, 3.05) is 19.7 Å². The van der Waals surface area contributed by atoms with E-state index in [1.165, 1.54) is 6.07 Å². The number of benzene rings is 1. The van der Waals surface area contributed by atoms with Crippen molar-refractivity contribution in [2.24, 2.45) is 0 Å². The van der Waals surface area contributed by atoms with Crippen molar-refractivity contribution in [3.05, 3.63) is 39.2 Å². The van der Waals surface area contributed by atoms with E-state index in [1.54, 1.807) is 0 Å². The van der Waals surface area contributed by atoms with Crippen LogP contribution in [-0.2, 0) is 22.5 Å². The molecule has 0 radical (unpaired) electrons. The first-order valence-corrected chi connectivity index (χ1v) is 9.65. The Morgan fingerprint density at radius 1 is 1.30 bits per heavy atom. The number of esters is 1. The number of carbonyl (C=O) groups is 1. The first kappa shape index (κ1) is 19.4. The minimum absolute atomic E-state index is 0.117. The highest BCUT2D eigenvalue weighted by Crippen LogP contribution is 2.34. The smallest absolute Gasteiger partial charge is 0.336 e. The molecule has 0 aliphatic carbocycles. The molecule has 3 rings (SSSR count). The summed E-state index contributed by atoms with van der Waals surface area (Å²) < 4.78 is 10.6. The first-order chi connectivity index (χ1) is 13.0. The fourth-order valence-electron chi connectivity index (χ4n) is 3.59. The lowest BCUT2D eigenvalue weighted by molar-refractivity contribution is -0.143. The molecule has 1 fully saturated rings. The van der Waals surface area contributed by atoms with Crippen LogP contribution in [-0.4, -0.2) is 35.7 Å². The maximum atomic E-state index is 11.9. The molecule has 2 aromatic rings. The number of ether oxygens (including phenoxy) is 1. The van der Waals surface area contributed by atoms with Gasteiger partial charge in [-0.1, -0.05) is 6.92 Å². The van der Waals surface area contributed by atoms with Gasteiger partial charge in [0.05, 0.1) is 12.2 Å². The van der Waals surface area contributed by atoms with Gasteiger partial charge in [0, 0.05) is 24.4 Å². The summed E-state index contributed by atoms with van der Waals surface area (Å²) in [6.45, 7) is 6.67. The maximum absolute atomic E-state index is 11.9. The number of hydrogen-bond donors (Lipinski definition) is 1. The average Bonchev–Trinajstić information content (AvgIpc) is 3.14. The topological polar surface area (TPSA) is 80.0 Å². The highest BCUT2D eigenvalue weighted by molar-refractivity contribution is 5.86. The molecule has 0 bridgehead atoms. The van der Waals surface area contributed by atoms with E-state index in [0.29, 0.717) is 36.3 Å². The number of fused-ring (bicyclic) bond motifs is 1. The molecular weight excluding hydrogens is 346 g/mol. The van der Waals surface area contributed by atoms with Crippen LogP contribution in [0.3, 0.4) is 0 Å². The molecule has 6 nitrogen and oxygen atoms in total. The van der Waals surface area contributed by atoms with Gasteiger partial charge in [-0.2, -0.15) is 0 Å². The second-order valence-electron chi connectivity index (χ2n) is 7.19. The summed E-state index contributed by atoms with van der Waals surface area (Å²) in [5.41, 5.74) is 2.15. The zero-order chi connectivity index (χ0) is 19.4. The van der Waals surface area contributed by atoms with Crippen molar-refractivity contribution in [1.82, 2.24) is 4.90 Å². The van der Waals surface area contributed by atoms with Gasteiger partial charge in [-0.3, -0.25) is 9.69 Å². The Balaban J connectivity index is 1.97. The molecule has 1 aromatic carbocycles. The molecule has 1 N–H and O–H groups in total. The number of phenols is 1. The minimum atomic E-state index is -0.419. The second kappa shape index (κ2) is 8.57. The van der Waals surface area contributed by atoms with Crippen molar-refractivity contribution < 1.29 is 19.1 Å². The molecule has 27 heavy (non-hydrogen) atoms. The monoisotopic (exact) mass is 373 g/mol. The van der Waals surface area contributed by atoms with Gasteiger partial charge in [0.15, 0.2) is 0 Å². The standard InChI is InChI=1S/C21H27NO5/c1-3-10-26-18(23)7-6-15-12-16-14(2)11-19(24)27-21(16)17(20(15)25)13-22-8-4-5-9-22/h11-12,25H,3-10,13H2,1-2H3. The summed E-state index contributed by atoms with van der Waals surface area (Å²) in [5.74, 6) is -0.153. The normalized spacial score (nSPS) is 14.7. The van der Waals surface area contributed by atoms with Crippen LogP contribution in [0.2, 0.25) is 0 Å². The molecule has 2 heterocycles. The predicted molar refractivity (Wildman–Crippen MR) is 103 cm³/mol. The van der Waals surface area contributed by atoms with Crippen molar-refractivity contribution in [1.29, 1.82) is 0 Å². The third-order valence-electron chi connectivity index (χ3n) is 5.04. The van der Waals surface area contributed by atoms with Crippen molar-refractivity contribution in [3.63, 3.8) is 0 Å². The molecule has 0 unspecified atom stereocenters. The molecule has 1 aliphatic rings. The van der Waals surface area contributed by atoms with Crippen LogP contribution in [0.15, 0.2) is 21.3 Å². The molecule has 0 saturated carbocycles. The summed E-state index contributed by atoms with van der Waals surface area (Å²) in [5, 5.41) is 11.7. The Morgan fingerprint density at radius 2 is 2.04 bits per heavy atom. The number of rotatable bonds is 7. The van der Waals surface area contributed by atoms with Gasteiger partial charge in [0.1, 0.15) is 11.3 Å². The van der Waals surface area contributed by atoms with E-state index >= 15 is 0 Å². The summed E-state index contributed by atoms with van der Waals surface area (Å²) in [6, 6.07) is 3.28. The van der Waals surface area contributed by atoms with Crippen LogP contribution in [0.4, 0.5) is 0 Å². The molecule has 1 aliphatic heterocycles. The van der Waals surface area contributed by atoms with Gasteiger partial charge in [-0.05, 0) is 62.9 Å². The average molecular weight is 373 g/mol. The zero-order valence-corrected chi connectivity index (χ0v) is 16.0. The Kier molecular flexibility index (Phi) is 6.16. The number of phenolic OH excluding ortho intramolecular Hbond substituents is 1. The van der Waals surface area contributed by atoms with Crippen molar-refractivity contribution in [3.8, 4) is 5.75 Å². The fraction of sp³-hybridized carbons (Fsp3) is 0.524. The van der Waals surface area contributed by atoms with Crippen LogP contribution >= 0.6 is 0 Å². The summed E-state index contributed by atoms with van der Waals surface area (Å²) in [6.07, 6.45) is 3.63. The van der Waals surface area contributed by atoms with E-state index in [-0.39, 0.29) is 18.1 Å². The van der Waals surface area contributed by atoms with Gasteiger partial charge < -0.3 is 14.3 Å². The second-order valence-corrected chi connectivity index (χ2v) is 7.19. The lowest BCUT2D eigenvalue weighted by Gasteiger charge is -2.19. The molecule has 0 amide bonds. The largest absolute Gasteiger partial charge is 0.507 e. The molecule has 0 spiro atoms. The van der Waals surface area contributed by atoms with Crippen LogP contribution in [0, 0.1) is 6.92 Å². The van der Waals surface area contributed by atoms with E-state index < -0.39 is 5.63 Å². The number of aryl methyl sites for hydroxylation is 2. The summed E-state index contributed by atoms with van der Waals surface area (Å²) >= 11 is 0. The predicted octanol–water partition coefficient (Wildman–Crippen LogP) is 3.29. The third-order valence-corrected chi connectivity index (χ3v) is 5.04. The number of aromatic hydroxyl groups is 1. The van der Waals surface area contributed by atoms with E-state index in [2.05, 4.69) is 4.90 Å². The number of nitrogens with zero attached hydrogens (tertiary/aromatic N) is 1. The van der Waals surface area contributed by atoms with Crippen LogP contribution in [0.1, 0.15) is 49.3 Å². The Bertz CT molecular complexity index is 880. The minimum Gasteiger partial charge on any atom is -0.507 e. The molecule has 6 heteroatoms. The van der Waals surface area contributed by atoms with E-state index in [0.717, 1.165) is 43.3 Å². The zero-order valence-electron chi connectivity index (χ0n) is 16.0. The van der Waals surface area contributed by atoms with Crippen LogP contribution < -0.4 is 5.63 Å². The highest BCUT2D eigenvalue weighted by atomic mass is 16.5. The molecular formula is C21H27NO5. The summed E-state index contributed by atoms with van der Waals surface area (Å²) in [7, 11) is 0. The van der Waals surface area contributed by atoms with Crippen LogP contribution in [0.5, 0.6) is 5.75 Å². The lowest BCUT2D eigenvalue weighted by atomic mass is 9.98. The van der Waals surface area contributed by atoms with Gasteiger partial charge >= 0.3 is 11.6 Å². The quantitative estimate of drug-likeness (QED) is 0.593. The van der Waals surface area contributed by atoms with Gasteiger partial charge in [0.2, 0.25) is 0 Å². The lowest BCUT2D eigenvalue weighted by Crippen LogP contribution is -2.19. The van der Waals surface area contributed by atoms with Crippen molar-refractivity contribution >= 4 is 16.9 Å². The van der Waals surface area contributed by atoms with Gasteiger partial charge in [-0.15, -0.1) is 0 Å². The molecule has 1 aromatic heterocycles. The Hall–Kier alpha value is -2.34. The van der Waals surface area contributed by atoms with E-state index in [4.69, 9.17) is 9.15 Å². The molecule has 146 valence electrons. The van der Waals surface area contributed by atoms with E-state index in [9.17, 15) is 14.7 Å².